The van der Waals surface area contributed by atoms with Crippen LogP contribution in [0.3, 0.4) is 0 Å². The number of carbonyl (C=O) groups excluding carboxylic acids is 1. The molecule has 1 fully saturated rings. The fourth-order valence-corrected chi connectivity index (χ4v) is 6.33. The van der Waals surface area contributed by atoms with Gasteiger partial charge in [0.2, 0.25) is 15.9 Å². The number of sulfonamides is 1. The second-order valence-electron chi connectivity index (χ2n) is 8.07. The minimum absolute atomic E-state index is 0.0405. The first-order valence-electron chi connectivity index (χ1n) is 11.1. The van der Waals surface area contributed by atoms with Crippen molar-refractivity contribution in [2.75, 3.05) is 31.1 Å². The SMILES string of the molecule is O=C(NCCSCc1ccc(Cl)cc1)[C@H]1CCCN(S(=O)(=O)CCCc2ccccc2)C1. The highest BCUT2D eigenvalue weighted by atomic mass is 35.5. The molecule has 2 aromatic carbocycles. The van der Waals surface area contributed by atoms with Crippen LogP contribution in [0, 0.1) is 5.92 Å². The minimum atomic E-state index is -3.34. The Morgan fingerprint density at radius 2 is 1.84 bits per heavy atom. The normalized spacial score (nSPS) is 17.2. The molecule has 0 saturated carbocycles. The van der Waals surface area contributed by atoms with Crippen LogP contribution in [-0.4, -0.2) is 49.8 Å². The van der Waals surface area contributed by atoms with Gasteiger partial charge in [0.05, 0.1) is 11.7 Å². The van der Waals surface area contributed by atoms with Crippen molar-refractivity contribution in [1.82, 2.24) is 9.62 Å². The molecule has 1 aliphatic heterocycles. The molecule has 2 aromatic rings. The summed E-state index contributed by atoms with van der Waals surface area (Å²) >= 11 is 7.65. The van der Waals surface area contributed by atoms with Crippen LogP contribution in [0.5, 0.6) is 0 Å². The molecule has 0 radical (unpaired) electrons. The van der Waals surface area contributed by atoms with Gasteiger partial charge in [-0.1, -0.05) is 54.1 Å². The van der Waals surface area contributed by atoms with Gasteiger partial charge in [0.1, 0.15) is 0 Å². The number of rotatable bonds is 11. The molecule has 174 valence electrons. The average Bonchev–Trinajstić information content (AvgIpc) is 2.80. The molecule has 3 rings (SSSR count). The molecule has 1 saturated heterocycles. The molecule has 32 heavy (non-hydrogen) atoms. The summed E-state index contributed by atoms with van der Waals surface area (Å²) in [5, 5.41) is 3.71. The van der Waals surface area contributed by atoms with E-state index in [0.717, 1.165) is 41.4 Å². The van der Waals surface area contributed by atoms with Gasteiger partial charge in [-0.25, -0.2) is 12.7 Å². The Morgan fingerprint density at radius 1 is 1.09 bits per heavy atom. The molecule has 1 N–H and O–H groups in total. The predicted molar refractivity (Wildman–Crippen MR) is 133 cm³/mol. The van der Waals surface area contributed by atoms with Crippen molar-refractivity contribution < 1.29 is 13.2 Å². The van der Waals surface area contributed by atoms with Crippen LogP contribution < -0.4 is 5.32 Å². The van der Waals surface area contributed by atoms with Crippen LogP contribution in [0.4, 0.5) is 0 Å². The second kappa shape index (κ2) is 12.6. The van der Waals surface area contributed by atoms with Gasteiger partial charge in [-0.2, -0.15) is 11.8 Å². The molecule has 8 heteroatoms. The van der Waals surface area contributed by atoms with E-state index in [1.54, 1.807) is 11.8 Å². The molecule has 0 bridgehead atoms. The maximum Gasteiger partial charge on any atom is 0.224 e. The van der Waals surface area contributed by atoms with Gasteiger partial charge in [0.15, 0.2) is 0 Å². The summed E-state index contributed by atoms with van der Waals surface area (Å²) in [5.41, 5.74) is 2.35. The van der Waals surface area contributed by atoms with Crippen LogP contribution in [0.2, 0.25) is 5.02 Å². The Labute approximate surface area is 201 Å². The van der Waals surface area contributed by atoms with E-state index < -0.39 is 10.0 Å². The Balaban J connectivity index is 1.37. The third kappa shape index (κ3) is 8.10. The van der Waals surface area contributed by atoms with Crippen LogP contribution >= 0.6 is 23.4 Å². The first-order chi connectivity index (χ1) is 15.4. The Morgan fingerprint density at radius 3 is 2.59 bits per heavy atom. The highest BCUT2D eigenvalue weighted by Crippen LogP contribution is 2.21. The molecule has 0 aliphatic carbocycles. The van der Waals surface area contributed by atoms with E-state index in [2.05, 4.69) is 5.32 Å². The van der Waals surface area contributed by atoms with Gasteiger partial charge < -0.3 is 5.32 Å². The van der Waals surface area contributed by atoms with Gasteiger partial charge in [0, 0.05) is 36.2 Å². The fourth-order valence-electron chi connectivity index (χ4n) is 3.80. The zero-order valence-corrected chi connectivity index (χ0v) is 20.6. The van der Waals surface area contributed by atoms with Crippen molar-refractivity contribution in [2.24, 2.45) is 5.92 Å². The Hall–Kier alpha value is -1.54. The van der Waals surface area contributed by atoms with Crippen molar-refractivity contribution in [3.05, 3.63) is 70.7 Å². The number of nitrogens with one attached hydrogen (secondary N) is 1. The quantitative estimate of drug-likeness (QED) is 0.471. The molecule has 0 unspecified atom stereocenters. The number of carbonyl (C=O) groups is 1. The van der Waals surface area contributed by atoms with Crippen LogP contribution in [0.1, 0.15) is 30.4 Å². The van der Waals surface area contributed by atoms with Gasteiger partial charge in [-0.3, -0.25) is 4.79 Å². The lowest BCUT2D eigenvalue weighted by molar-refractivity contribution is -0.125. The van der Waals surface area contributed by atoms with E-state index >= 15 is 0 Å². The van der Waals surface area contributed by atoms with E-state index in [-0.39, 0.29) is 24.1 Å². The standard InChI is InChI=1S/C24H31ClN2O3S2/c25-23-12-10-21(11-13-23)19-31-16-14-26-24(28)22-9-4-15-27(18-22)32(29,30)17-5-8-20-6-2-1-3-7-20/h1-3,6-7,10-13,22H,4-5,8-9,14-19H2,(H,26,28)/t22-/m0/s1. The van der Waals surface area contributed by atoms with Crippen LogP contribution in [-0.2, 0) is 27.0 Å². The molecule has 1 heterocycles. The summed E-state index contributed by atoms with van der Waals surface area (Å²) in [6.45, 7) is 1.38. The summed E-state index contributed by atoms with van der Waals surface area (Å²) < 4.78 is 27.1. The second-order valence-corrected chi connectivity index (χ2v) is 11.7. The largest absolute Gasteiger partial charge is 0.355 e. The summed E-state index contributed by atoms with van der Waals surface area (Å²) in [7, 11) is -3.34. The van der Waals surface area contributed by atoms with Gasteiger partial charge >= 0.3 is 0 Å². The van der Waals surface area contributed by atoms with Gasteiger partial charge in [-0.05, 0) is 48.9 Å². The summed E-state index contributed by atoms with van der Waals surface area (Å²) in [6.07, 6.45) is 2.79. The summed E-state index contributed by atoms with van der Waals surface area (Å²) in [4.78, 5) is 12.6. The number of hydrogen-bond donors (Lipinski definition) is 1. The number of amides is 1. The lowest BCUT2D eigenvalue weighted by Crippen LogP contribution is -2.46. The number of aryl methyl sites for hydroxylation is 1. The van der Waals surface area contributed by atoms with Crippen LogP contribution in [0.15, 0.2) is 54.6 Å². The van der Waals surface area contributed by atoms with E-state index in [9.17, 15) is 13.2 Å². The van der Waals surface area contributed by atoms with Crippen LogP contribution in [0.25, 0.3) is 0 Å². The minimum Gasteiger partial charge on any atom is -0.355 e. The summed E-state index contributed by atoms with van der Waals surface area (Å²) in [6, 6.07) is 17.7. The van der Waals surface area contributed by atoms with Crippen molar-refractivity contribution in [1.29, 1.82) is 0 Å². The third-order valence-electron chi connectivity index (χ3n) is 5.59. The molecule has 1 amide bonds. The number of nitrogens with zero attached hydrogens (tertiary/aromatic N) is 1. The Bertz CT molecular complexity index is 953. The number of halogens is 1. The molecular formula is C24H31ClN2O3S2. The van der Waals surface area contributed by atoms with Crippen molar-refractivity contribution in [3.63, 3.8) is 0 Å². The lowest BCUT2D eigenvalue weighted by Gasteiger charge is -2.31. The fraction of sp³-hybridized carbons (Fsp3) is 0.458. The molecule has 0 aromatic heterocycles. The molecule has 5 nitrogen and oxygen atoms in total. The topological polar surface area (TPSA) is 66.5 Å². The zero-order valence-electron chi connectivity index (χ0n) is 18.2. The van der Waals surface area contributed by atoms with Gasteiger partial charge in [0.25, 0.3) is 0 Å². The maximum atomic E-state index is 12.8. The summed E-state index contributed by atoms with van der Waals surface area (Å²) in [5.74, 6) is 1.49. The lowest BCUT2D eigenvalue weighted by atomic mass is 9.99. The molecule has 0 spiro atoms. The number of thioether (sulfide) groups is 1. The Kier molecular flexibility index (Phi) is 9.91. The number of piperidine rings is 1. The molecule has 1 aliphatic rings. The van der Waals surface area contributed by atoms with Crippen molar-refractivity contribution in [3.8, 4) is 0 Å². The number of hydrogen-bond acceptors (Lipinski definition) is 4. The predicted octanol–water partition coefficient (Wildman–Crippen LogP) is 4.36. The highest BCUT2D eigenvalue weighted by Gasteiger charge is 2.31. The molecule has 1 atom stereocenters. The van der Waals surface area contributed by atoms with Gasteiger partial charge in [-0.15, -0.1) is 0 Å². The monoisotopic (exact) mass is 494 g/mol. The van der Waals surface area contributed by atoms with E-state index in [0.29, 0.717) is 19.5 Å². The maximum absolute atomic E-state index is 12.8. The zero-order chi connectivity index (χ0) is 22.8. The first kappa shape index (κ1) is 25.1. The smallest absolute Gasteiger partial charge is 0.224 e. The average molecular weight is 495 g/mol. The number of benzene rings is 2. The first-order valence-corrected chi connectivity index (χ1v) is 14.2. The van der Waals surface area contributed by atoms with E-state index in [4.69, 9.17) is 11.6 Å². The van der Waals surface area contributed by atoms with Crippen molar-refractivity contribution >= 4 is 39.3 Å². The molecular weight excluding hydrogens is 464 g/mol. The van der Waals surface area contributed by atoms with E-state index in [1.165, 1.54) is 9.87 Å². The van der Waals surface area contributed by atoms with Crippen molar-refractivity contribution in [2.45, 2.75) is 31.4 Å². The van der Waals surface area contributed by atoms with E-state index in [1.807, 2.05) is 54.6 Å². The highest BCUT2D eigenvalue weighted by molar-refractivity contribution is 7.98. The third-order valence-corrected chi connectivity index (χ3v) is 8.79.